The van der Waals surface area contributed by atoms with Gasteiger partial charge in [-0.25, -0.2) is 0 Å². The van der Waals surface area contributed by atoms with Crippen molar-refractivity contribution >= 4 is 11.3 Å². The van der Waals surface area contributed by atoms with Crippen LogP contribution in [0, 0.1) is 5.41 Å². The van der Waals surface area contributed by atoms with Gasteiger partial charge >= 0.3 is 0 Å². The third-order valence-electron chi connectivity index (χ3n) is 2.44. The summed E-state index contributed by atoms with van der Waals surface area (Å²) in [5, 5.41) is 7.83. The molecule has 1 N–H and O–H groups in total. The first-order valence-corrected chi connectivity index (χ1v) is 6.74. The Balaban J connectivity index is 1.94. The quantitative estimate of drug-likeness (QED) is 0.720. The Hall–Kier alpha value is -0.340. The van der Waals surface area contributed by atoms with Crippen LogP contribution in [0.1, 0.15) is 45.6 Å². The first kappa shape index (κ1) is 12.7. The topological polar surface area (TPSA) is 12.0 Å². The van der Waals surface area contributed by atoms with Crippen LogP contribution in [0.15, 0.2) is 16.8 Å². The molecule has 1 heterocycles. The van der Waals surface area contributed by atoms with Gasteiger partial charge in [-0.2, -0.15) is 11.3 Å². The van der Waals surface area contributed by atoms with Crippen LogP contribution in [0.25, 0.3) is 0 Å². The summed E-state index contributed by atoms with van der Waals surface area (Å²) in [4.78, 5) is 0. The molecule has 2 heteroatoms. The lowest BCUT2D eigenvalue weighted by Gasteiger charge is -2.17. The van der Waals surface area contributed by atoms with Crippen molar-refractivity contribution in [3.8, 4) is 0 Å². The van der Waals surface area contributed by atoms with Crippen molar-refractivity contribution < 1.29 is 0 Å². The van der Waals surface area contributed by atoms with E-state index in [4.69, 9.17) is 0 Å². The van der Waals surface area contributed by atoms with Gasteiger partial charge in [-0.05, 0) is 47.2 Å². The summed E-state index contributed by atoms with van der Waals surface area (Å²) >= 11 is 1.77. The number of nitrogens with one attached hydrogen (secondary N) is 1. The minimum absolute atomic E-state index is 0.493. The van der Waals surface area contributed by atoms with Gasteiger partial charge in [0.05, 0.1) is 0 Å². The molecular formula is C13H23NS. The van der Waals surface area contributed by atoms with Gasteiger partial charge in [0.15, 0.2) is 0 Å². The lowest BCUT2D eigenvalue weighted by Crippen LogP contribution is -2.15. The van der Waals surface area contributed by atoms with Gasteiger partial charge in [0.25, 0.3) is 0 Å². The summed E-state index contributed by atoms with van der Waals surface area (Å²) in [6, 6.07) is 2.19. The van der Waals surface area contributed by atoms with Crippen molar-refractivity contribution in [2.24, 2.45) is 5.41 Å². The van der Waals surface area contributed by atoms with Crippen molar-refractivity contribution in [3.63, 3.8) is 0 Å². The normalized spacial score (nSPS) is 11.9. The predicted octanol–water partition coefficient (Wildman–Crippen LogP) is 4.05. The average molecular weight is 225 g/mol. The Labute approximate surface area is 97.9 Å². The van der Waals surface area contributed by atoms with Crippen molar-refractivity contribution in [2.45, 2.75) is 46.6 Å². The van der Waals surface area contributed by atoms with Gasteiger partial charge < -0.3 is 5.32 Å². The Morgan fingerprint density at radius 2 is 2.07 bits per heavy atom. The van der Waals surface area contributed by atoms with Gasteiger partial charge in [0, 0.05) is 6.54 Å². The molecule has 1 nitrogen and oxygen atoms in total. The number of rotatable bonds is 6. The number of hydrogen-bond acceptors (Lipinski definition) is 2. The minimum atomic E-state index is 0.493. The molecule has 0 bridgehead atoms. The van der Waals surface area contributed by atoms with Crippen LogP contribution in [0.2, 0.25) is 0 Å². The molecule has 0 radical (unpaired) electrons. The monoisotopic (exact) mass is 225 g/mol. The fourth-order valence-corrected chi connectivity index (χ4v) is 2.20. The minimum Gasteiger partial charge on any atom is -0.313 e. The lowest BCUT2D eigenvalue weighted by atomic mass is 9.90. The molecular weight excluding hydrogens is 202 g/mol. The molecule has 0 atom stereocenters. The number of unbranched alkanes of at least 4 members (excludes halogenated alkanes) is 1. The van der Waals surface area contributed by atoms with E-state index in [9.17, 15) is 0 Å². The van der Waals surface area contributed by atoms with Crippen LogP contribution in [0.4, 0.5) is 0 Å². The molecule has 86 valence electrons. The molecule has 1 aromatic heterocycles. The van der Waals surface area contributed by atoms with Gasteiger partial charge in [-0.15, -0.1) is 0 Å². The summed E-state index contributed by atoms with van der Waals surface area (Å²) in [6.07, 6.45) is 3.95. The van der Waals surface area contributed by atoms with Gasteiger partial charge in [-0.3, -0.25) is 0 Å². The maximum absolute atomic E-state index is 3.48. The van der Waals surface area contributed by atoms with Crippen LogP contribution in [-0.2, 0) is 6.54 Å². The van der Waals surface area contributed by atoms with E-state index in [-0.39, 0.29) is 0 Å². The zero-order chi connectivity index (χ0) is 11.1. The second-order valence-electron chi connectivity index (χ2n) is 5.33. The Morgan fingerprint density at radius 3 is 2.67 bits per heavy atom. The summed E-state index contributed by atoms with van der Waals surface area (Å²) in [7, 11) is 0. The van der Waals surface area contributed by atoms with E-state index >= 15 is 0 Å². The van der Waals surface area contributed by atoms with Crippen molar-refractivity contribution in [1.29, 1.82) is 0 Å². The van der Waals surface area contributed by atoms with Gasteiger partial charge in [-0.1, -0.05) is 27.2 Å². The van der Waals surface area contributed by atoms with E-state index < -0.39 is 0 Å². The van der Waals surface area contributed by atoms with Crippen LogP contribution in [0.5, 0.6) is 0 Å². The SMILES string of the molecule is CC(C)(C)CCCCNCc1ccsc1. The highest BCUT2D eigenvalue weighted by Gasteiger charge is 2.08. The molecule has 0 aromatic carbocycles. The smallest absolute Gasteiger partial charge is 0.0213 e. The highest BCUT2D eigenvalue weighted by atomic mass is 32.1. The fraction of sp³-hybridized carbons (Fsp3) is 0.692. The summed E-state index contributed by atoms with van der Waals surface area (Å²) in [5.74, 6) is 0. The molecule has 0 spiro atoms. The second-order valence-corrected chi connectivity index (χ2v) is 6.11. The zero-order valence-electron chi connectivity index (χ0n) is 10.2. The molecule has 0 fully saturated rings. The van der Waals surface area contributed by atoms with E-state index in [1.54, 1.807) is 11.3 Å². The Kier molecular flexibility index (Phi) is 5.34. The largest absolute Gasteiger partial charge is 0.313 e. The maximum atomic E-state index is 3.48. The molecule has 0 aliphatic rings. The Morgan fingerprint density at radius 1 is 1.27 bits per heavy atom. The third-order valence-corrected chi connectivity index (χ3v) is 3.17. The molecule has 0 unspecified atom stereocenters. The van der Waals surface area contributed by atoms with E-state index in [2.05, 4.69) is 42.9 Å². The molecule has 0 saturated carbocycles. The number of hydrogen-bond donors (Lipinski definition) is 1. The molecule has 15 heavy (non-hydrogen) atoms. The van der Waals surface area contributed by atoms with Gasteiger partial charge in [0.1, 0.15) is 0 Å². The molecule has 0 aliphatic carbocycles. The van der Waals surface area contributed by atoms with Crippen LogP contribution >= 0.6 is 11.3 Å². The summed E-state index contributed by atoms with van der Waals surface area (Å²) < 4.78 is 0. The predicted molar refractivity (Wildman–Crippen MR) is 69.3 cm³/mol. The molecule has 0 saturated heterocycles. The summed E-state index contributed by atoms with van der Waals surface area (Å²) in [5.41, 5.74) is 1.91. The standard InChI is InChI=1S/C13H23NS/c1-13(2,3)7-4-5-8-14-10-12-6-9-15-11-12/h6,9,11,14H,4-5,7-8,10H2,1-3H3. The van der Waals surface area contributed by atoms with Gasteiger partial charge in [0.2, 0.25) is 0 Å². The highest BCUT2D eigenvalue weighted by Crippen LogP contribution is 2.21. The Bertz CT molecular complexity index is 246. The lowest BCUT2D eigenvalue weighted by molar-refractivity contribution is 0.358. The zero-order valence-corrected chi connectivity index (χ0v) is 11.0. The van der Waals surface area contributed by atoms with Crippen LogP contribution in [-0.4, -0.2) is 6.54 Å². The third kappa shape index (κ3) is 6.69. The second kappa shape index (κ2) is 6.29. The number of thiophene rings is 1. The fourth-order valence-electron chi connectivity index (χ4n) is 1.53. The highest BCUT2D eigenvalue weighted by molar-refractivity contribution is 7.07. The van der Waals surface area contributed by atoms with Crippen LogP contribution < -0.4 is 5.32 Å². The summed E-state index contributed by atoms with van der Waals surface area (Å²) in [6.45, 7) is 9.11. The average Bonchev–Trinajstić information content (AvgIpc) is 2.61. The molecule has 1 aromatic rings. The van der Waals surface area contributed by atoms with E-state index in [1.807, 2.05) is 0 Å². The molecule has 0 aliphatic heterocycles. The van der Waals surface area contributed by atoms with E-state index in [0.717, 1.165) is 13.1 Å². The van der Waals surface area contributed by atoms with Crippen molar-refractivity contribution in [3.05, 3.63) is 22.4 Å². The maximum Gasteiger partial charge on any atom is 0.0213 e. The first-order valence-electron chi connectivity index (χ1n) is 5.80. The van der Waals surface area contributed by atoms with Crippen LogP contribution in [0.3, 0.4) is 0 Å². The molecule has 1 rings (SSSR count). The van der Waals surface area contributed by atoms with E-state index in [1.165, 1.54) is 24.8 Å². The van der Waals surface area contributed by atoms with Crippen molar-refractivity contribution in [1.82, 2.24) is 5.32 Å². The van der Waals surface area contributed by atoms with E-state index in [0.29, 0.717) is 5.41 Å². The molecule has 0 amide bonds. The first-order chi connectivity index (χ1) is 7.08. The van der Waals surface area contributed by atoms with Crippen molar-refractivity contribution in [2.75, 3.05) is 6.54 Å².